The van der Waals surface area contributed by atoms with Crippen molar-refractivity contribution >= 4 is 28.6 Å². The van der Waals surface area contributed by atoms with E-state index >= 15 is 0 Å². The molecule has 0 atom stereocenters. The Kier molecular flexibility index (Phi) is 6.54. The van der Waals surface area contributed by atoms with E-state index in [1.54, 1.807) is 14.2 Å². The van der Waals surface area contributed by atoms with Crippen molar-refractivity contribution in [3.05, 3.63) is 21.3 Å². The minimum absolute atomic E-state index is 0.0165. The largest absolute Gasteiger partial charge is 0.493 e. The van der Waals surface area contributed by atoms with Crippen molar-refractivity contribution in [2.75, 3.05) is 20.8 Å². The predicted molar refractivity (Wildman–Crippen MR) is 85.4 cm³/mol. The first kappa shape index (κ1) is 17.0. The molecule has 0 unspecified atom stereocenters. The number of hydrogen-bond donors (Lipinski definition) is 1. The van der Waals surface area contributed by atoms with Gasteiger partial charge in [0.05, 0.1) is 24.3 Å². The van der Waals surface area contributed by atoms with Gasteiger partial charge in [-0.05, 0) is 54.1 Å². The van der Waals surface area contributed by atoms with Gasteiger partial charge in [0, 0.05) is 12.6 Å². The predicted octanol–water partition coefficient (Wildman–Crippen LogP) is 2.60. The normalized spacial score (nSPS) is 10.9. The second kappa shape index (κ2) is 7.68. The SMILES string of the molecule is COc1cc(CN(CC(=O)O)C(C)C)cc(I)c1OC. The van der Waals surface area contributed by atoms with E-state index in [0.717, 1.165) is 9.13 Å². The summed E-state index contributed by atoms with van der Waals surface area (Å²) in [6.07, 6.45) is 0. The van der Waals surface area contributed by atoms with Crippen molar-refractivity contribution < 1.29 is 19.4 Å². The molecule has 1 aromatic carbocycles. The third kappa shape index (κ3) is 4.52. The Balaban J connectivity index is 3.01. The van der Waals surface area contributed by atoms with E-state index in [9.17, 15) is 4.79 Å². The average Bonchev–Trinajstić information content (AvgIpc) is 2.36. The third-order valence-electron chi connectivity index (χ3n) is 2.95. The number of rotatable bonds is 7. The lowest BCUT2D eigenvalue weighted by atomic mass is 10.1. The molecule has 0 fully saturated rings. The van der Waals surface area contributed by atoms with Crippen LogP contribution in [0.2, 0.25) is 0 Å². The monoisotopic (exact) mass is 393 g/mol. The lowest BCUT2D eigenvalue weighted by Crippen LogP contribution is -2.35. The Morgan fingerprint density at radius 1 is 1.35 bits per heavy atom. The van der Waals surface area contributed by atoms with E-state index in [0.29, 0.717) is 18.0 Å². The molecule has 112 valence electrons. The van der Waals surface area contributed by atoms with E-state index in [1.807, 2.05) is 30.9 Å². The standard InChI is InChI=1S/C14H20INO4/c1-9(2)16(8-13(17)18)7-10-5-11(15)14(20-4)12(6-10)19-3/h5-6,9H,7-8H2,1-4H3,(H,17,18). The summed E-state index contributed by atoms with van der Waals surface area (Å²) >= 11 is 2.18. The zero-order valence-corrected chi connectivity index (χ0v) is 14.3. The van der Waals surface area contributed by atoms with Gasteiger partial charge < -0.3 is 14.6 Å². The zero-order chi connectivity index (χ0) is 15.3. The molecule has 0 amide bonds. The fourth-order valence-electron chi connectivity index (χ4n) is 1.89. The summed E-state index contributed by atoms with van der Waals surface area (Å²) in [5, 5.41) is 8.96. The van der Waals surface area contributed by atoms with Crippen molar-refractivity contribution in [3.63, 3.8) is 0 Å². The molecular formula is C14H20INO4. The molecule has 0 aliphatic rings. The van der Waals surface area contributed by atoms with Gasteiger partial charge in [0.25, 0.3) is 0 Å². The molecule has 1 N–H and O–H groups in total. The molecule has 1 aromatic rings. The quantitative estimate of drug-likeness (QED) is 0.722. The summed E-state index contributed by atoms with van der Waals surface area (Å²) in [6, 6.07) is 4.02. The summed E-state index contributed by atoms with van der Waals surface area (Å²) in [5.74, 6) is 0.536. The first-order valence-corrected chi connectivity index (χ1v) is 7.33. The molecule has 0 heterocycles. The molecule has 0 saturated carbocycles. The maximum Gasteiger partial charge on any atom is 0.317 e. The number of benzene rings is 1. The summed E-state index contributed by atoms with van der Waals surface area (Å²) in [5.41, 5.74) is 1.00. The first-order valence-electron chi connectivity index (χ1n) is 6.25. The molecule has 1 rings (SSSR count). The van der Waals surface area contributed by atoms with Crippen LogP contribution in [0.25, 0.3) is 0 Å². The molecule has 0 saturated heterocycles. The minimum Gasteiger partial charge on any atom is -0.493 e. The van der Waals surface area contributed by atoms with Gasteiger partial charge in [-0.3, -0.25) is 9.69 Å². The van der Waals surface area contributed by atoms with Gasteiger partial charge in [0.15, 0.2) is 11.5 Å². The average molecular weight is 393 g/mol. The topological polar surface area (TPSA) is 59.0 Å². The number of nitrogens with zero attached hydrogens (tertiary/aromatic N) is 1. The van der Waals surface area contributed by atoms with Crippen LogP contribution in [0.5, 0.6) is 11.5 Å². The molecule has 0 aliphatic heterocycles. The van der Waals surface area contributed by atoms with Gasteiger partial charge in [-0.15, -0.1) is 0 Å². The second-order valence-electron chi connectivity index (χ2n) is 4.71. The number of carbonyl (C=O) groups is 1. The lowest BCUT2D eigenvalue weighted by molar-refractivity contribution is -0.138. The van der Waals surface area contributed by atoms with Crippen molar-refractivity contribution in [1.82, 2.24) is 4.90 Å². The van der Waals surface area contributed by atoms with E-state index in [4.69, 9.17) is 14.6 Å². The number of ether oxygens (including phenoxy) is 2. The third-order valence-corrected chi connectivity index (χ3v) is 3.75. The smallest absolute Gasteiger partial charge is 0.317 e. The molecule has 5 nitrogen and oxygen atoms in total. The van der Waals surface area contributed by atoms with E-state index < -0.39 is 5.97 Å². The van der Waals surface area contributed by atoms with Crippen LogP contribution in [-0.2, 0) is 11.3 Å². The first-order chi connectivity index (χ1) is 9.38. The van der Waals surface area contributed by atoms with Crippen LogP contribution in [0.15, 0.2) is 12.1 Å². The molecule has 0 spiro atoms. The highest BCUT2D eigenvalue weighted by atomic mass is 127. The van der Waals surface area contributed by atoms with Crippen LogP contribution in [0.4, 0.5) is 0 Å². The van der Waals surface area contributed by atoms with Gasteiger partial charge in [-0.2, -0.15) is 0 Å². The van der Waals surface area contributed by atoms with Crippen molar-refractivity contribution in [1.29, 1.82) is 0 Å². The number of hydrogen-bond acceptors (Lipinski definition) is 4. The van der Waals surface area contributed by atoms with Gasteiger partial charge >= 0.3 is 5.97 Å². The van der Waals surface area contributed by atoms with Crippen LogP contribution in [0, 0.1) is 3.57 Å². The number of halogens is 1. The van der Waals surface area contributed by atoms with Crippen LogP contribution in [0.3, 0.4) is 0 Å². The fraction of sp³-hybridized carbons (Fsp3) is 0.500. The Hall–Kier alpha value is -1.02. The minimum atomic E-state index is -0.825. The molecule has 0 aromatic heterocycles. The van der Waals surface area contributed by atoms with E-state index in [-0.39, 0.29) is 12.6 Å². The number of methoxy groups -OCH3 is 2. The maximum absolute atomic E-state index is 10.9. The highest BCUT2D eigenvalue weighted by Crippen LogP contribution is 2.33. The number of carboxylic acid groups (broad SMARTS) is 1. The van der Waals surface area contributed by atoms with E-state index in [2.05, 4.69) is 22.6 Å². The Morgan fingerprint density at radius 3 is 2.45 bits per heavy atom. The van der Waals surface area contributed by atoms with Crippen LogP contribution >= 0.6 is 22.6 Å². The molecule has 0 bridgehead atoms. The van der Waals surface area contributed by atoms with Gasteiger partial charge in [-0.25, -0.2) is 0 Å². The van der Waals surface area contributed by atoms with Crippen LogP contribution in [-0.4, -0.2) is 42.8 Å². The number of aliphatic carboxylic acids is 1. The fourth-order valence-corrected chi connectivity index (χ4v) is 2.78. The van der Waals surface area contributed by atoms with Gasteiger partial charge in [0.1, 0.15) is 0 Å². The molecule has 0 radical (unpaired) electrons. The Labute approximate surface area is 133 Å². The highest BCUT2D eigenvalue weighted by molar-refractivity contribution is 14.1. The lowest BCUT2D eigenvalue weighted by Gasteiger charge is -2.25. The van der Waals surface area contributed by atoms with Gasteiger partial charge in [0.2, 0.25) is 0 Å². The van der Waals surface area contributed by atoms with Gasteiger partial charge in [-0.1, -0.05) is 0 Å². The highest BCUT2D eigenvalue weighted by Gasteiger charge is 2.16. The zero-order valence-electron chi connectivity index (χ0n) is 12.1. The maximum atomic E-state index is 10.9. The second-order valence-corrected chi connectivity index (χ2v) is 5.87. The summed E-state index contributed by atoms with van der Waals surface area (Å²) in [6.45, 7) is 4.53. The Bertz CT molecular complexity index is 476. The van der Waals surface area contributed by atoms with Crippen molar-refractivity contribution in [2.24, 2.45) is 0 Å². The van der Waals surface area contributed by atoms with E-state index in [1.165, 1.54) is 0 Å². The summed E-state index contributed by atoms with van der Waals surface area (Å²) < 4.78 is 11.6. The van der Waals surface area contributed by atoms with Crippen LogP contribution in [0.1, 0.15) is 19.4 Å². The van der Waals surface area contributed by atoms with Crippen molar-refractivity contribution in [3.8, 4) is 11.5 Å². The Morgan fingerprint density at radius 2 is 2.00 bits per heavy atom. The summed E-state index contributed by atoms with van der Waals surface area (Å²) in [4.78, 5) is 12.8. The molecule has 6 heteroatoms. The molecule has 20 heavy (non-hydrogen) atoms. The number of carboxylic acids is 1. The van der Waals surface area contributed by atoms with Crippen molar-refractivity contribution in [2.45, 2.75) is 26.4 Å². The van der Waals surface area contributed by atoms with Crippen LogP contribution < -0.4 is 9.47 Å². The summed E-state index contributed by atoms with van der Waals surface area (Å²) in [7, 11) is 3.19. The molecular weight excluding hydrogens is 373 g/mol. The molecule has 0 aliphatic carbocycles.